The summed E-state index contributed by atoms with van der Waals surface area (Å²) in [5, 5.41) is 2.95. The van der Waals surface area contributed by atoms with Crippen molar-refractivity contribution in [3.8, 4) is 11.8 Å². The van der Waals surface area contributed by atoms with Crippen LogP contribution in [0.2, 0.25) is 0 Å². The van der Waals surface area contributed by atoms with Crippen LogP contribution < -0.4 is 21.9 Å². The number of hydrogen-bond donors (Lipinski definition) is 1. The van der Waals surface area contributed by atoms with Gasteiger partial charge in [0.15, 0.2) is 11.2 Å². The maximum atomic E-state index is 13.9. The van der Waals surface area contributed by atoms with Crippen molar-refractivity contribution in [1.29, 1.82) is 0 Å². The molecule has 0 aliphatic carbocycles. The molecule has 1 unspecified atom stereocenters. The Kier molecular flexibility index (Phi) is 6.27. The molecule has 5 rings (SSSR count). The first-order valence-corrected chi connectivity index (χ1v) is 12.1. The molecule has 0 spiro atoms. The fraction of sp³-hybridized carbons (Fsp3) is 0.286. The summed E-state index contributed by atoms with van der Waals surface area (Å²) < 4.78 is 4.41. The van der Waals surface area contributed by atoms with E-state index in [4.69, 9.17) is 10.7 Å². The first-order chi connectivity index (χ1) is 17.8. The van der Waals surface area contributed by atoms with Gasteiger partial charge in [-0.2, -0.15) is 4.98 Å². The summed E-state index contributed by atoms with van der Waals surface area (Å²) in [6.07, 6.45) is 0. The zero-order valence-electron chi connectivity index (χ0n) is 21.4. The van der Waals surface area contributed by atoms with E-state index in [0.29, 0.717) is 29.4 Å². The second-order valence-corrected chi connectivity index (χ2v) is 9.31. The van der Waals surface area contributed by atoms with Gasteiger partial charge in [0.2, 0.25) is 5.95 Å². The van der Waals surface area contributed by atoms with E-state index < -0.39 is 11.2 Å². The molecule has 0 aliphatic heterocycles. The van der Waals surface area contributed by atoms with Crippen LogP contribution in [0.25, 0.3) is 32.8 Å². The van der Waals surface area contributed by atoms with Crippen molar-refractivity contribution < 1.29 is 0 Å². The van der Waals surface area contributed by atoms with Crippen LogP contribution >= 0.6 is 0 Å². The molecule has 2 N–H and O–H groups in total. The van der Waals surface area contributed by atoms with Crippen LogP contribution in [-0.4, -0.2) is 43.3 Å². The molecule has 3 heterocycles. The predicted molar refractivity (Wildman–Crippen MR) is 148 cm³/mol. The van der Waals surface area contributed by atoms with Gasteiger partial charge >= 0.3 is 5.69 Å². The molecule has 2 aromatic carbocycles. The lowest BCUT2D eigenvalue weighted by Gasteiger charge is -2.20. The summed E-state index contributed by atoms with van der Waals surface area (Å²) in [5.41, 5.74) is 7.23. The molecule has 0 fully saturated rings. The van der Waals surface area contributed by atoms with Gasteiger partial charge in [0.05, 0.1) is 24.3 Å². The molecule has 9 heteroatoms. The number of aromatic nitrogens is 5. The van der Waals surface area contributed by atoms with E-state index in [2.05, 4.69) is 16.8 Å². The van der Waals surface area contributed by atoms with E-state index in [1.165, 1.54) is 9.13 Å². The Labute approximate surface area is 213 Å². The lowest BCUT2D eigenvalue weighted by Crippen LogP contribution is -2.40. The molecule has 0 saturated carbocycles. The summed E-state index contributed by atoms with van der Waals surface area (Å²) in [4.78, 5) is 38.8. The average Bonchev–Trinajstić information content (AvgIpc) is 3.28. The maximum absolute atomic E-state index is 13.9. The Bertz CT molecular complexity index is 1830. The third kappa shape index (κ3) is 4.15. The van der Waals surface area contributed by atoms with Crippen molar-refractivity contribution in [2.45, 2.75) is 33.0 Å². The van der Waals surface area contributed by atoms with Crippen molar-refractivity contribution in [3.63, 3.8) is 0 Å². The maximum Gasteiger partial charge on any atom is 0.332 e. The van der Waals surface area contributed by atoms with Gasteiger partial charge in [-0.1, -0.05) is 48.4 Å². The normalized spacial score (nSPS) is 12.1. The zero-order valence-corrected chi connectivity index (χ0v) is 21.4. The minimum Gasteiger partial charge on any atom is -0.344 e. The molecule has 3 aromatic heterocycles. The third-order valence-electron chi connectivity index (χ3n) is 6.53. The Morgan fingerprint density at radius 1 is 1.00 bits per heavy atom. The molecule has 37 heavy (non-hydrogen) atoms. The first-order valence-electron chi connectivity index (χ1n) is 12.1. The number of anilines is 1. The number of nitrogens with zero attached hydrogens (tertiary/aromatic N) is 6. The smallest absolute Gasteiger partial charge is 0.332 e. The Balaban J connectivity index is 1.76. The van der Waals surface area contributed by atoms with Gasteiger partial charge in [-0.3, -0.25) is 23.5 Å². The van der Waals surface area contributed by atoms with Gasteiger partial charge in [0.25, 0.3) is 5.56 Å². The summed E-state index contributed by atoms with van der Waals surface area (Å²) in [6.45, 7) is 4.46. The standard InChI is InChI=1S/C28H29N7O2/c1-5-6-15-34-24-25(31-27(34)32(3)16-18(2)29)33(4)28(37)35(26(24)36)17-23-21-13-8-7-11-19(21)20-12-9-10-14-22(20)30-23/h7-14,18H,15-17,29H2,1-4H3. The molecule has 5 aromatic rings. The highest BCUT2D eigenvalue weighted by atomic mass is 16.2. The van der Waals surface area contributed by atoms with Crippen molar-refractivity contribution in [1.82, 2.24) is 23.7 Å². The number of imidazole rings is 1. The van der Waals surface area contributed by atoms with E-state index in [1.807, 2.05) is 67.4 Å². The Hall–Kier alpha value is -4.42. The minimum absolute atomic E-state index is 0.0302. The molecule has 9 nitrogen and oxygen atoms in total. The van der Waals surface area contributed by atoms with Crippen LogP contribution in [0.15, 0.2) is 58.1 Å². The summed E-state index contributed by atoms with van der Waals surface area (Å²) in [6, 6.07) is 15.7. The molecule has 0 amide bonds. The molecular formula is C28H29N7O2. The van der Waals surface area contributed by atoms with Crippen molar-refractivity contribution in [2.24, 2.45) is 12.8 Å². The monoisotopic (exact) mass is 495 g/mol. The number of likely N-dealkylation sites (N-methyl/N-ethyl adjacent to an activating group) is 1. The molecule has 0 bridgehead atoms. The predicted octanol–water partition coefficient (Wildman–Crippen LogP) is 2.45. The largest absolute Gasteiger partial charge is 0.344 e. The number of benzene rings is 2. The summed E-state index contributed by atoms with van der Waals surface area (Å²) in [5.74, 6) is 6.46. The number of pyridine rings is 1. The van der Waals surface area contributed by atoms with Crippen molar-refractivity contribution in [2.75, 3.05) is 18.5 Å². The summed E-state index contributed by atoms with van der Waals surface area (Å²) in [7, 11) is 3.49. The number of fused-ring (bicyclic) bond motifs is 4. The van der Waals surface area contributed by atoms with E-state index >= 15 is 0 Å². The first kappa shape index (κ1) is 24.3. The molecular weight excluding hydrogens is 466 g/mol. The highest BCUT2D eigenvalue weighted by molar-refractivity contribution is 6.06. The molecule has 0 aliphatic rings. The summed E-state index contributed by atoms with van der Waals surface area (Å²) >= 11 is 0. The van der Waals surface area contributed by atoms with Gasteiger partial charge in [0.1, 0.15) is 0 Å². The SMILES string of the molecule is CC#CCn1c(N(C)CC(C)N)nc2c1c(=O)n(Cc1nc3ccccc3c3ccccc13)c(=O)n2C. The Morgan fingerprint density at radius 2 is 1.68 bits per heavy atom. The van der Waals surface area contributed by atoms with Crippen LogP contribution in [0.4, 0.5) is 5.95 Å². The quantitative estimate of drug-likeness (QED) is 0.287. The van der Waals surface area contributed by atoms with Crippen LogP contribution in [0.1, 0.15) is 19.5 Å². The molecule has 1 atom stereocenters. The second-order valence-electron chi connectivity index (χ2n) is 9.31. The highest BCUT2D eigenvalue weighted by Gasteiger charge is 2.23. The van der Waals surface area contributed by atoms with E-state index in [0.717, 1.165) is 21.7 Å². The van der Waals surface area contributed by atoms with E-state index in [-0.39, 0.29) is 19.1 Å². The van der Waals surface area contributed by atoms with E-state index in [1.54, 1.807) is 18.5 Å². The van der Waals surface area contributed by atoms with Crippen LogP contribution in [-0.2, 0) is 20.1 Å². The third-order valence-corrected chi connectivity index (χ3v) is 6.53. The average molecular weight is 496 g/mol. The van der Waals surface area contributed by atoms with Gasteiger partial charge in [0, 0.05) is 37.5 Å². The molecule has 0 saturated heterocycles. The minimum atomic E-state index is -0.454. The van der Waals surface area contributed by atoms with E-state index in [9.17, 15) is 9.59 Å². The number of para-hydroxylation sites is 1. The van der Waals surface area contributed by atoms with Gasteiger partial charge < -0.3 is 10.6 Å². The fourth-order valence-corrected chi connectivity index (χ4v) is 4.86. The topological polar surface area (TPSA) is 104 Å². The number of hydrogen-bond acceptors (Lipinski definition) is 6. The number of rotatable bonds is 6. The van der Waals surface area contributed by atoms with Crippen molar-refractivity contribution >= 4 is 38.8 Å². The van der Waals surface area contributed by atoms with Crippen LogP contribution in [0, 0.1) is 11.8 Å². The van der Waals surface area contributed by atoms with Gasteiger partial charge in [-0.15, -0.1) is 5.92 Å². The van der Waals surface area contributed by atoms with Gasteiger partial charge in [-0.05, 0) is 25.3 Å². The van der Waals surface area contributed by atoms with Crippen LogP contribution in [0.5, 0.6) is 0 Å². The van der Waals surface area contributed by atoms with Crippen LogP contribution in [0.3, 0.4) is 0 Å². The highest BCUT2D eigenvalue weighted by Crippen LogP contribution is 2.26. The number of nitrogens with two attached hydrogens (primary N) is 1. The fourth-order valence-electron chi connectivity index (χ4n) is 4.86. The zero-order chi connectivity index (χ0) is 26.3. The Morgan fingerprint density at radius 3 is 2.38 bits per heavy atom. The van der Waals surface area contributed by atoms with Crippen molar-refractivity contribution in [3.05, 3.63) is 75.1 Å². The molecule has 0 radical (unpaired) electrons. The van der Waals surface area contributed by atoms with Gasteiger partial charge in [-0.25, -0.2) is 4.79 Å². The lowest BCUT2D eigenvalue weighted by atomic mass is 10.0. The lowest BCUT2D eigenvalue weighted by molar-refractivity contribution is 0.648. The second kappa shape index (κ2) is 9.56. The number of aryl methyl sites for hydroxylation is 1. The molecule has 188 valence electrons.